The smallest absolute Gasteiger partial charge is 0.211 e. The molecule has 188 valence electrons. The average molecular weight is 522 g/mol. The normalized spacial score (nSPS) is 18.4. The lowest BCUT2D eigenvalue weighted by molar-refractivity contribution is 0.122. The van der Waals surface area contributed by atoms with Crippen LogP contribution in [0.4, 0.5) is 5.82 Å². The lowest BCUT2D eigenvalue weighted by Gasteiger charge is -2.32. The molecule has 2 N–H and O–H groups in total. The first-order valence-corrected chi connectivity index (χ1v) is 13.6. The second-order valence-corrected chi connectivity index (χ2v) is 11.0. The fourth-order valence-corrected chi connectivity index (χ4v) is 5.44. The number of fused-ring (bicyclic) bond motifs is 1. The quantitative estimate of drug-likeness (QED) is 0.479. The number of ether oxygens (including phenoxy) is 1. The van der Waals surface area contributed by atoms with Crippen molar-refractivity contribution >= 4 is 33.1 Å². The zero-order valence-corrected chi connectivity index (χ0v) is 21.0. The Morgan fingerprint density at radius 1 is 1.06 bits per heavy atom. The number of aromatic nitrogens is 5. The fraction of sp³-hybridized carbons (Fsp3) is 0.524. The number of piperazine rings is 1. The van der Waals surface area contributed by atoms with Gasteiger partial charge in [0.1, 0.15) is 16.7 Å². The van der Waals surface area contributed by atoms with E-state index in [1.165, 1.54) is 10.6 Å². The van der Waals surface area contributed by atoms with E-state index < -0.39 is 10.0 Å². The Hall–Kier alpha value is -2.42. The van der Waals surface area contributed by atoms with Gasteiger partial charge in [0, 0.05) is 70.0 Å². The molecule has 2 fully saturated rings. The summed E-state index contributed by atoms with van der Waals surface area (Å²) in [7, 11) is -3.17. The summed E-state index contributed by atoms with van der Waals surface area (Å²) in [4.78, 5) is 22.7. The van der Waals surface area contributed by atoms with Crippen LogP contribution in [0.1, 0.15) is 11.5 Å². The van der Waals surface area contributed by atoms with Gasteiger partial charge in [0.25, 0.3) is 0 Å². The van der Waals surface area contributed by atoms with Gasteiger partial charge in [-0.2, -0.15) is 4.31 Å². The summed E-state index contributed by atoms with van der Waals surface area (Å²) in [6.45, 7) is 5.66. The number of anilines is 1. The lowest BCUT2D eigenvalue weighted by atomic mass is 10.2. The van der Waals surface area contributed by atoms with Crippen LogP contribution in [0.5, 0.6) is 0 Å². The number of morpholine rings is 1. The molecule has 0 atom stereocenters. The maximum atomic E-state index is 11.8. The van der Waals surface area contributed by atoms with Crippen molar-refractivity contribution in [3.8, 4) is 11.3 Å². The van der Waals surface area contributed by atoms with Gasteiger partial charge in [0.05, 0.1) is 31.7 Å². The van der Waals surface area contributed by atoms with Crippen molar-refractivity contribution in [2.24, 2.45) is 5.73 Å². The predicted octanol–water partition coefficient (Wildman–Crippen LogP) is 0.212. The predicted molar refractivity (Wildman–Crippen MR) is 132 cm³/mol. The third-order valence-corrected chi connectivity index (χ3v) is 7.90. The van der Waals surface area contributed by atoms with E-state index >= 15 is 0 Å². The molecule has 2 aliphatic rings. The molecule has 0 aliphatic carbocycles. The van der Waals surface area contributed by atoms with E-state index in [0.29, 0.717) is 86.9 Å². The highest BCUT2D eigenvalue weighted by molar-refractivity contribution is 7.88. The van der Waals surface area contributed by atoms with Gasteiger partial charge in [-0.25, -0.2) is 28.4 Å². The van der Waals surface area contributed by atoms with Crippen molar-refractivity contribution in [2.45, 2.75) is 13.1 Å². The Bertz CT molecular complexity index is 1300. The van der Waals surface area contributed by atoms with Gasteiger partial charge in [-0.05, 0) is 0 Å². The van der Waals surface area contributed by atoms with Crippen molar-refractivity contribution in [1.82, 2.24) is 33.5 Å². The Balaban J connectivity index is 1.49. The summed E-state index contributed by atoms with van der Waals surface area (Å²) in [6.07, 6.45) is 6.53. The summed E-state index contributed by atoms with van der Waals surface area (Å²) < 4.78 is 32.5. The van der Waals surface area contributed by atoms with E-state index in [0.717, 1.165) is 11.5 Å². The Labute approximate surface area is 208 Å². The van der Waals surface area contributed by atoms with Crippen molar-refractivity contribution in [1.29, 1.82) is 0 Å². The van der Waals surface area contributed by atoms with E-state index in [1.807, 2.05) is 10.6 Å². The molecular formula is C21H28ClN9O3S. The first-order chi connectivity index (χ1) is 16.8. The number of nitrogens with two attached hydrogens (primary N) is 1. The van der Waals surface area contributed by atoms with Gasteiger partial charge in [-0.1, -0.05) is 11.6 Å². The van der Waals surface area contributed by atoms with Crippen LogP contribution in [0.2, 0.25) is 5.15 Å². The van der Waals surface area contributed by atoms with Crippen LogP contribution in [0.25, 0.3) is 16.9 Å². The minimum absolute atomic E-state index is 0.253. The van der Waals surface area contributed by atoms with E-state index in [1.54, 1.807) is 12.4 Å². The van der Waals surface area contributed by atoms with Crippen molar-refractivity contribution in [3.63, 3.8) is 0 Å². The summed E-state index contributed by atoms with van der Waals surface area (Å²) in [6, 6.07) is 0. The SMILES string of the molecule is CS(=O)(=O)N1CCN(Cc2cn3c(Cl)c(-c4cnc(CN)nc4)nc(N4CCOCC4)c3n2)CC1. The largest absolute Gasteiger partial charge is 0.378 e. The molecule has 0 saturated carbocycles. The van der Waals surface area contributed by atoms with Crippen LogP contribution in [0, 0.1) is 0 Å². The zero-order valence-electron chi connectivity index (χ0n) is 19.5. The summed E-state index contributed by atoms with van der Waals surface area (Å²) in [5.74, 6) is 1.27. The monoisotopic (exact) mass is 521 g/mol. The maximum absolute atomic E-state index is 11.8. The van der Waals surface area contributed by atoms with Gasteiger partial charge in [-0.3, -0.25) is 9.30 Å². The molecule has 2 aliphatic heterocycles. The highest BCUT2D eigenvalue weighted by Crippen LogP contribution is 2.32. The van der Waals surface area contributed by atoms with Gasteiger partial charge >= 0.3 is 0 Å². The minimum Gasteiger partial charge on any atom is -0.378 e. The Kier molecular flexibility index (Phi) is 6.88. The molecule has 0 aromatic carbocycles. The molecular weight excluding hydrogens is 494 g/mol. The van der Waals surface area contributed by atoms with Gasteiger partial charge in [0.15, 0.2) is 11.5 Å². The summed E-state index contributed by atoms with van der Waals surface area (Å²) in [5.41, 5.74) is 8.40. The van der Waals surface area contributed by atoms with Crippen molar-refractivity contribution in [2.75, 3.05) is 63.6 Å². The lowest BCUT2D eigenvalue weighted by Crippen LogP contribution is -2.47. The molecule has 12 nitrogen and oxygen atoms in total. The van der Waals surface area contributed by atoms with Crippen LogP contribution >= 0.6 is 11.6 Å². The summed E-state index contributed by atoms with van der Waals surface area (Å²) in [5, 5.41) is 0.418. The molecule has 14 heteroatoms. The van der Waals surface area contributed by atoms with Crippen LogP contribution in [-0.4, -0.2) is 101 Å². The van der Waals surface area contributed by atoms with Crippen LogP contribution < -0.4 is 10.6 Å². The topological polar surface area (TPSA) is 135 Å². The Morgan fingerprint density at radius 3 is 2.37 bits per heavy atom. The molecule has 0 bridgehead atoms. The second kappa shape index (κ2) is 9.91. The number of sulfonamides is 1. The number of hydrogen-bond acceptors (Lipinski definition) is 10. The van der Waals surface area contributed by atoms with Crippen LogP contribution in [0.3, 0.4) is 0 Å². The molecule has 35 heavy (non-hydrogen) atoms. The molecule has 5 heterocycles. The number of imidazole rings is 1. The molecule has 3 aromatic heterocycles. The average Bonchev–Trinajstić information content (AvgIpc) is 3.29. The van der Waals surface area contributed by atoms with Crippen LogP contribution in [0.15, 0.2) is 18.6 Å². The Morgan fingerprint density at radius 2 is 1.74 bits per heavy atom. The van der Waals surface area contributed by atoms with E-state index in [4.69, 9.17) is 32.0 Å². The zero-order chi connectivity index (χ0) is 24.6. The maximum Gasteiger partial charge on any atom is 0.211 e. The molecule has 0 radical (unpaired) electrons. The molecule has 0 spiro atoms. The third-order valence-electron chi connectivity index (χ3n) is 6.24. The van der Waals surface area contributed by atoms with Gasteiger partial charge < -0.3 is 15.4 Å². The molecule has 0 amide bonds. The standard InChI is InChI=1S/C21H28ClN9O3S/c1-35(32,33)30-4-2-28(3-5-30)13-16-14-31-19(22)18(15-11-24-17(10-23)25-12-15)27-20(21(31)26-16)29-6-8-34-9-7-29/h11-12,14H,2-10,13,23H2,1H3. The number of hydrogen-bond donors (Lipinski definition) is 1. The van der Waals surface area contributed by atoms with Crippen molar-refractivity contribution < 1.29 is 13.2 Å². The van der Waals surface area contributed by atoms with Gasteiger partial charge in [-0.15, -0.1) is 0 Å². The molecule has 5 rings (SSSR count). The molecule has 2 saturated heterocycles. The number of rotatable bonds is 6. The van der Waals surface area contributed by atoms with E-state index in [2.05, 4.69) is 19.8 Å². The molecule has 0 unspecified atom stereocenters. The molecule has 3 aromatic rings. The summed E-state index contributed by atoms with van der Waals surface area (Å²) >= 11 is 6.84. The van der Waals surface area contributed by atoms with E-state index in [9.17, 15) is 8.42 Å². The van der Waals surface area contributed by atoms with Gasteiger partial charge in [0.2, 0.25) is 10.0 Å². The fourth-order valence-electron chi connectivity index (χ4n) is 4.33. The first-order valence-electron chi connectivity index (χ1n) is 11.4. The first kappa shape index (κ1) is 24.3. The number of halogens is 1. The minimum atomic E-state index is -3.17. The van der Waals surface area contributed by atoms with Crippen molar-refractivity contribution in [3.05, 3.63) is 35.3 Å². The highest BCUT2D eigenvalue weighted by Gasteiger charge is 2.26. The third kappa shape index (κ3) is 5.10. The van der Waals surface area contributed by atoms with E-state index in [-0.39, 0.29) is 6.54 Å². The number of nitrogens with zero attached hydrogens (tertiary/aromatic N) is 8. The highest BCUT2D eigenvalue weighted by atomic mass is 35.5. The van der Waals surface area contributed by atoms with Crippen LogP contribution in [-0.2, 0) is 27.8 Å². The second-order valence-electron chi connectivity index (χ2n) is 8.63.